The van der Waals surface area contributed by atoms with Crippen molar-refractivity contribution in [3.8, 4) is 5.95 Å². The molecule has 2 heterocycles. The van der Waals surface area contributed by atoms with Crippen molar-refractivity contribution in [1.29, 1.82) is 0 Å². The summed E-state index contributed by atoms with van der Waals surface area (Å²) in [6.45, 7) is 0. The Balaban J connectivity index is 2.30. The molecule has 0 bridgehead atoms. The lowest BCUT2D eigenvalue weighted by Crippen LogP contribution is -2.04. The van der Waals surface area contributed by atoms with Gasteiger partial charge in [0.05, 0.1) is 17.6 Å². The first kappa shape index (κ1) is 11.8. The normalized spacial score (nSPS) is 11.8. The topological polar surface area (TPSA) is 43.6 Å². The quantitative estimate of drug-likeness (QED) is 0.781. The van der Waals surface area contributed by atoms with Crippen molar-refractivity contribution in [3.05, 3.63) is 35.9 Å². The zero-order valence-electron chi connectivity index (χ0n) is 8.32. The number of halogens is 4. The van der Waals surface area contributed by atoms with Crippen LogP contribution in [0.4, 0.5) is 13.2 Å². The van der Waals surface area contributed by atoms with Crippen LogP contribution in [0.25, 0.3) is 5.95 Å². The van der Waals surface area contributed by atoms with Crippen LogP contribution in [-0.2, 0) is 12.1 Å². The van der Waals surface area contributed by atoms with Crippen LogP contribution in [-0.4, -0.2) is 19.7 Å². The van der Waals surface area contributed by atoms with Crippen molar-refractivity contribution in [3.63, 3.8) is 0 Å². The Morgan fingerprint density at radius 3 is 2.29 bits per heavy atom. The minimum absolute atomic E-state index is 0.0642. The van der Waals surface area contributed by atoms with Gasteiger partial charge in [0.1, 0.15) is 0 Å². The Morgan fingerprint density at radius 1 is 1.18 bits per heavy atom. The maximum atomic E-state index is 12.3. The van der Waals surface area contributed by atoms with Crippen LogP contribution >= 0.6 is 11.6 Å². The van der Waals surface area contributed by atoms with E-state index < -0.39 is 11.7 Å². The molecule has 2 aromatic heterocycles. The first-order chi connectivity index (χ1) is 8.00. The molecule has 0 radical (unpaired) electrons. The van der Waals surface area contributed by atoms with Gasteiger partial charge >= 0.3 is 6.18 Å². The molecule has 0 saturated carbocycles. The first-order valence-electron chi connectivity index (χ1n) is 4.50. The van der Waals surface area contributed by atoms with Gasteiger partial charge in [-0.15, -0.1) is 11.6 Å². The average molecular weight is 263 g/mol. The maximum absolute atomic E-state index is 12.3. The van der Waals surface area contributed by atoms with Crippen LogP contribution in [0, 0.1) is 0 Å². The fraction of sp³-hybridized carbons (Fsp3) is 0.222. The molecular weight excluding hydrogens is 257 g/mol. The molecule has 90 valence electrons. The highest BCUT2D eigenvalue weighted by Gasteiger charge is 2.32. The Kier molecular flexibility index (Phi) is 3.01. The van der Waals surface area contributed by atoms with E-state index in [1.54, 1.807) is 0 Å². The van der Waals surface area contributed by atoms with Crippen LogP contribution in [0.1, 0.15) is 11.1 Å². The zero-order valence-corrected chi connectivity index (χ0v) is 9.07. The van der Waals surface area contributed by atoms with E-state index in [0.29, 0.717) is 5.56 Å². The standard InChI is InChI=1S/C9H6ClF3N4/c10-1-6-2-14-8(15-3-6)17-5-7(4-16-17)9(11,12)13/h2-5H,1H2. The monoisotopic (exact) mass is 262 g/mol. The molecule has 0 unspecified atom stereocenters. The summed E-state index contributed by atoms with van der Waals surface area (Å²) in [7, 11) is 0. The van der Waals surface area contributed by atoms with Crippen LogP contribution in [0.5, 0.6) is 0 Å². The molecule has 2 rings (SSSR count). The summed E-state index contributed by atoms with van der Waals surface area (Å²) < 4.78 is 37.9. The molecule has 4 nitrogen and oxygen atoms in total. The summed E-state index contributed by atoms with van der Waals surface area (Å²) >= 11 is 5.54. The summed E-state index contributed by atoms with van der Waals surface area (Å²) in [5, 5.41) is 3.55. The van der Waals surface area contributed by atoms with Gasteiger partial charge in [0.15, 0.2) is 0 Å². The predicted octanol–water partition coefficient (Wildman–Crippen LogP) is 2.42. The number of nitrogens with zero attached hydrogens (tertiary/aromatic N) is 4. The Morgan fingerprint density at radius 2 is 1.82 bits per heavy atom. The molecule has 17 heavy (non-hydrogen) atoms. The van der Waals surface area contributed by atoms with Crippen LogP contribution in [0.2, 0.25) is 0 Å². The van der Waals surface area contributed by atoms with Crippen LogP contribution in [0.15, 0.2) is 24.8 Å². The van der Waals surface area contributed by atoms with E-state index in [2.05, 4.69) is 15.1 Å². The van der Waals surface area contributed by atoms with Crippen molar-refractivity contribution in [2.75, 3.05) is 0 Å². The summed E-state index contributed by atoms with van der Waals surface area (Å²) in [5.74, 6) is 0.307. The Bertz CT molecular complexity index is 506. The fourth-order valence-corrected chi connectivity index (χ4v) is 1.25. The molecule has 0 N–H and O–H groups in total. The average Bonchev–Trinajstić information content (AvgIpc) is 2.78. The van der Waals surface area contributed by atoms with Gasteiger partial charge in [0.2, 0.25) is 5.95 Å². The molecule has 8 heteroatoms. The summed E-state index contributed by atoms with van der Waals surface area (Å²) in [6.07, 6.45) is -0.00258. The second-order valence-corrected chi connectivity index (χ2v) is 3.46. The van der Waals surface area contributed by atoms with Crippen molar-refractivity contribution in [2.24, 2.45) is 0 Å². The number of aromatic nitrogens is 4. The van der Waals surface area contributed by atoms with Gasteiger partial charge in [-0.2, -0.15) is 18.3 Å². The predicted molar refractivity (Wildman–Crippen MR) is 53.7 cm³/mol. The number of hydrogen-bond donors (Lipinski definition) is 0. The third-order valence-corrected chi connectivity index (χ3v) is 2.27. The van der Waals surface area contributed by atoms with E-state index in [-0.39, 0.29) is 11.8 Å². The van der Waals surface area contributed by atoms with Crippen molar-refractivity contribution < 1.29 is 13.2 Å². The van der Waals surface area contributed by atoms with Crippen LogP contribution < -0.4 is 0 Å². The molecule has 0 fully saturated rings. The Labute approximate surface area is 99.1 Å². The van der Waals surface area contributed by atoms with Gasteiger partial charge < -0.3 is 0 Å². The van der Waals surface area contributed by atoms with E-state index in [0.717, 1.165) is 17.1 Å². The minimum Gasteiger partial charge on any atom is -0.219 e. The van der Waals surface area contributed by atoms with Gasteiger partial charge in [0, 0.05) is 24.2 Å². The summed E-state index contributed by atoms with van der Waals surface area (Å²) in [4.78, 5) is 7.71. The second kappa shape index (κ2) is 4.33. The Hall–Kier alpha value is -1.63. The van der Waals surface area contributed by atoms with Crippen molar-refractivity contribution in [1.82, 2.24) is 19.7 Å². The molecule has 2 aromatic rings. The SMILES string of the molecule is FC(F)(F)c1cnn(-c2ncc(CCl)cn2)c1. The first-order valence-corrected chi connectivity index (χ1v) is 5.03. The van der Waals surface area contributed by atoms with Gasteiger partial charge in [0.25, 0.3) is 0 Å². The molecule has 0 aliphatic heterocycles. The molecule has 0 aliphatic carbocycles. The van der Waals surface area contributed by atoms with Gasteiger partial charge in [-0.3, -0.25) is 0 Å². The molecule has 0 spiro atoms. The highest BCUT2D eigenvalue weighted by molar-refractivity contribution is 6.17. The molecule has 0 aliphatic rings. The smallest absolute Gasteiger partial charge is 0.219 e. The van der Waals surface area contributed by atoms with E-state index in [1.807, 2.05) is 0 Å². The molecular formula is C9H6ClF3N4. The van der Waals surface area contributed by atoms with E-state index in [1.165, 1.54) is 12.4 Å². The lowest BCUT2D eigenvalue weighted by Gasteiger charge is -2.01. The fourth-order valence-electron chi connectivity index (χ4n) is 1.11. The van der Waals surface area contributed by atoms with E-state index in [9.17, 15) is 13.2 Å². The van der Waals surface area contributed by atoms with Gasteiger partial charge in [-0.1, -0.05) is 0 Å². The molecule has 0 atom stereocenters. The van der Waals surface area contributed by atoms with Crippen molar-refractivity contribution in [2.45, 2.75) is 12.1 Å². The summed E-state index contributed by atoms with van der Waals surface area (Å²) in [5.41, 5.74) is -0.166. The number of alkyl halides is 4. The highest BCUT2D eigenvalue weighted by Crippen LogP contribution is 2.28. The largest absolute Gasteiger partial charge is 0.419 e. The van der Waals surface area contributed by atoms with Gasteiger partial charge in [-0.25, -0.2) is 14.6 Å². The number of hydrogen-bond acceptors (Lipinski definition) is 3. The number of rotatable bonds is 2. The van der Waals surface area contributed by atoms with E-state index in [4.69, 9.17) is 11.6 Å². The molecule has 0 aromatic carbocycles. The third kappa shape index (κ3) is 2.55. The third-order valence-electron chi connectivity index (χ3n) is 1.96. The zero-order chi connectivity index (χ0) is 12.5. The molecule has 0 amide bonds. The summed E-state index contributed by atoms with van der Waals surface area (Å²) in [6, 6.07) is 0. The minimum atomic E-state index is -4.42. The van der Waals surface area contributed by atoms with Crippen molar-refractivity contribution >= 4 is 11.6 Å². The van der Waals surface area contributed by atoms with E-state index >= 15 is 0 Å². The molecule has 0 saturated heterocycles. The second-order valence-electron chi connectivity index (χ2n) is 3.20. The lowest BCUT2D eigenvalue weighted by molar-refractivity contribution is -0.137. The van der Waals surface area contributed by atoms with Crippen LogP contribution in [0.3, 0.4) is 0 Å². The highest BCUT2D eigenvalue weighted by atomic mass is 35.5. The maximum Gasteiger partial charge on any atom is 0.419 e. The van der Waals surface area contributed by atoms with Gasteiger partial charge in [-0.05, 0) is 0 Å². The lowest BCUT2D eigenvalue weighted by atomic mass is 10.4.